The molecule has 0 unspecified atom stereocenters. The Balaban J connectivity index is 1.39. The van der Waals surface area contributed by atoms with E-state index in [2.05, 4.69) is 20.1 Å². The van der Waals surface area contributed by atoms with E-state index in [9.17, 15) is 9.18 Å². The van der Waals surface area contributed by atoms with Gasteiger partial charge in [0.25, 0.3) is 0 Å². The maximum Gasteiger partial charge on any atom is 0.321 e. The normalized spacial score (nSPS) is 17.2. The highest BCUT2D eigenvalue weighted by Crippen LogP contribution is 2.21. The van der Waals surface area contributed by atoms with E-state index < -0.39 is 0 Å². The number of piperazine rings is 1. The average molecular weight is 414 g/mol. The molecule has 2 aliphatic heterocycles. The predicted octanol–water partition coefficient (Wildman–Crippen LogP) is 2.42. The number of ether oxygens (including phenoxy) is 1. The molecule has 0 aliphatic carbocycles. The number of nitrogens with one attached hydrogen (secondary N) is 1. The monoisotopic (exact) mass is 414 g/mol. The van der Waals surface area contributed by atoms with E-state index in [-0.39, 0.29) is 11.8 Å². The fraction of sp³-hybridized carbons (Fsp3) is 0.476. The quantitative estimate of drug-likeness (QED) is 0.832. The SMILES string of the molecule is Cc1cc(N2CCOCC2)nc(N2CCN(C(=O)Nc3cccc(F)c3C)CC2)n1. The summed E-state index contributed by atoms with van der Waals surface area (Å²) in [6, 6.07) is 6.47. The van der Waals surface area contributed by atoms with Crippen LogP contribution in [0.2, 0.25) is 0 Å². The number of aryl methyl sites for hydroxylation is 1. The molecule has 0 saturated carbocycles. The average Bonchev–Trinajstić information content (AvgIpc) is 2.77. The van der Waals surface area contributed by atoms with Gasteiger partial charge < -0.3 is 24.8 Å². The summed E-state index contributed by atoms with van der Waals surface area (Å²) in [4.78, 5) is 28.0. The third kappa shape index (κ3) is 4.46. The number of aromatic nitrogens is 2. The van der Waals surface area contributed by atoms with E-state index in [1.54, 1.807) is 24.0 Å². The number of carbonyl (C=O) groups is 1. The highest BCUT2D eigenvalue weighted by molar-refractivity contribution is 5.90. The van der Waals surface area contributed by atoms with Crippen LogP contribution in [0.3, 0.4) is 0 Å². The van der Waals surface area contributed by atoms with Crippen molar-refractivity contribution < 1.29 is 13.9 Å². The largest absolute Gasteiger partial charge is 0.378 e. The molecule has 1 aromatic carbocycles. The third-order valence-corrected chi connectivity index (χ3v) is 5.52. The highest BCUT2D eigenvalue weighted by Gasteiger charge is 2.24. The number of benzene rings is 1. The van der Waals surface area contributed by atoms with E-state index in [0.717, 1.165) is 24.6 Å². The Morgan fingerprint density at radius 2 is 1.77 bits per heavy atom. The van der Waals surface area contributed by atoms with Gasteiger partial charge in [-0.25, -0.2) is 14.2 Å². The summed E-state index contributed by atoms with van der Waals surface area (Å²) < 4.78 is 19.1. The molecular weight excluding hydrogens is 387 g/mol. The minimum atomic E-state index is -0.328. The van der Waals surface area contributed by atoms with Crippen LogP contribution in [0.25, 0.3) is 0 Å². The summed E-state index contributed by atoms with van der Waals surface area (Å²) in [5.41, 5.74) is 1.86. The van der Waals surface area contributed by atoms with Gasteiger partial charge in [0.05, 0.1) is 13.2 Å². The molecule has 4 rings (SSSR count). The molecule has 0 bridgehead atoms. The van der Waals surface area contributed by atoms with Crippen LogP contribution < -0.4 is 15.1 Å². The molecule has 2 aliphatic rings. The molecule has 2 aromatic rings. The van der Waals surface area contributed by atoms with Crippen LogP contribution in [0.15, 0.2) is 24.3 Å². The lowest BCUT2D eigenvalue weighted by molar-refractivity contribution is 0.122. The molecule has 1 aromatic heterocycles. The zero-order valence-corrected chi connectivity index (χ0v) is 17.4. The number of hydrogen-bond acceptors (Lipinski definition) is 6. The first-order valence-electron chi connectivity index (χ1n) is 10.3. The van der Waals surface area contributed by atoms with Crippen molar-refractivity contribution in [2.45, 2.75) is 13.8 Å². The molecule has 30 heavy (non-hydrogen) atoms. The Labute approximate surface area is 175 Å². The molecule has 0 radical (unpaired) electrons. The van der Waals surface area contributed by atoms with Gasteiger partial charge in [-0.05, 0) is 26.0 Å². The second-order valence-corrected chi connectivity index (χ2v) is 7.58. The second-order valence-electron chi connectivity index (χ2n) is 7.58. The number of hydrogen-bond donors (Lipinski definition) is 1. The predicted molar refractivity (Wildman–Crippen MR) is 114 cm³/mol. The van der Waals surface area contributed by atoms with Crippen LogP contribution in [0, 0.1) is 19.7 Å². The lowest BCUT2D eigenvalue weighted by atomic mass is 10.2. The lowest BCUT2D eigenvalue weighted by Gasteiger charge is -2.35. The molecule has 0 spiro atoms. The number of anilines is 3. The van der Waals surface area contributed by atoms with Crippen LogP contribution in [0.5, 0.6) is 0 Å². The van der Waals surface area contributed by atoms with Crippen molar-refractivity contribution in [2.75, 3.05) is 67.6 Å². The van der Waals surface area contributed by atoms with Crippen molar-refractivity contribution in [3.63, 3.8) is 0 Å². The van der Waals surface area contributed by atoms with Gasteiger partial charge in [0, 0.05) is 62.3 Å². The van der Waals surface area contributed by atoms with Crippen molar-refractivity contribution in [1.82, 2.24) is 14.9 Å². The zero-order valence-electron chi connectivity index (χ0n) is 17.4. The molecule has 9 heteroatoms. The number of urea groups is 1. The summed E-state index contributed by atoms with van der Waals surface area (Å²) in [5, 5.41) is 2.82. The van der Waals surface area contributed by atoms with Gasteiger partial charge in [-0.3, -0.25) is 0 Å². The number of rotatable bonds is 3. The zero-order chi connectivity index (χ0) is 21.1. The van der Waals surface area contributed by atoms with Crippen molar-refractivity contribution in [2.24, 2.45) is 0 Å². The summed E-state index contributed by atoms with van der Waals surface area (Å²) in [6.07, 6.45) is 0. The van der Waals surface area contributed by atoms with E-state index in [0.29, 0.717) is 56.6 Å². The summed E-state index contributed by atoms with van der Waals surface area (Å²) in [5.74, 6) is 1.28. The van der Waals surface area contributed by atoms with Crippen molar-refractivity contribution in [3.8, 4) is 0 Å². The smallest absolute Gasteiger partial charge is 0.321 e. The van der Waals surface area contributed by atoms with Gasteiger partial charge >= 0.3 is 6.03 Å². The van der Waals surface area contributed by atoms with Gasteiger partial charge in [0.15, 0.2) is 0 Å². The molecule has 3 heterocycles. The summed E-state index contributed by atoms with van der Waals surface area (Å²) >= 11 is 0. The minimum absolute atomic E-state index is 0.220. The van der Waals surface area contributed by atoms with Crippen LogP contribution >= 0.6 is 0 Å². The Bertz CT molecular complexity index is 910. The molecule has 8 nitrogen and oxygen atoms in total. The first kappa shape index (κ1) is 20.3. The molecule has 2 fully saturated rings. The maximum absolute atomic E-state index is 13.7. The molecule has 1 N–H and O–H groups in total. The van der Waals surface area contributed by atoms with Gasteiger partial charge in [-0.15, -0.1) is 0 Å². The van der Waals surface area contributed by atoms with Crippen molar-refractivity contribution >= 4 is 23.5 Å². The fourth-order valence-corrected chi connectivity index (χ4v) is 3.68. The number of halogens is 1. The number of morpholine rings is 1. The molecule has 160 valence electrons. The van der Waals surface area contributed by atoms with Gasteiger partial charge in [-0.2, -0.15) is 4.98 Å². The standard InChI is InChI=1S/C21H27FN6O2/c1-15-14-19(26-10-12-30-13-11-26)25-20(23-15)27-6-8-28(9-7-27)21(29)24-18-5-3-4-17(22)16(18)2/h3-5,14H,6-13H2,1-2H3,(H,24,29). The highest BCUT2D eigenvalue weighted by atomic mass is 19.1. The molecule has 0 atom stereocenters. The van der Waals surface area contributed by atoms with E-state index in [1.165, 1.54) is 6.07 Å². The Kier molecular flexibility index (Phi) is 5.98. The molecule has 2 saturated heterocycles. The first-order valence-corrected chi connectivity index (χ1v) is 10.3. The first-order chi connectivity index (χ1) is 14.5. The Morgan fingerprint density at radius 1 is 1.03 bits per heavy atom. The van der Waals surface area contributed by atoms with Crippen LogP contribution in [-0.2, 0) is 4.74 Å². The van der Waals surface area contributed by atoms with E-state index in [4.69, 9.17) is 9.72 Å². The third-order valence-electron chi connectivity index (χ3n) is 5.52. The summed E-state index contributed by atoms with van der Waals surface area (Å²) in [6.45, 7) is 9.06. The van der Waals surface area contributed by atoms with Crippen molar-refractivity contribution in [1.29, 1.82) is 0 Å². The Morgan fingerprint density at radius 3 is 2.50 bits per heavy atom. The van der Waals surface area contributed by atoms with Gasteiger partial charge in [0.1, 0.15) is 11.6 Å². The lowest BCUT2D eigenvalue weighted by Crippen LogP contribution is -2.50. The number of nitrogens with zero attached hydrogens (tertiary/aromatic N) is 5. The van der Waals surface area contributed by atoms with Crippen LogP contribution in [-0.4, -0.2) is 73.4 Å². The number of carbonyl (C=O) groups excluding carboxylic acids is 1. The van der Waals surface area contributed by atoms with Crippen LogP contribution in [0.1, 0.15) is 11.3 Å². The van der Waals surface area contributed by atoms with E-state index >= 15 is 0 Å². The molecule has 2 amide bonds. The van der Waals surface area contributed by atoms with E-state index in [1.807, 2.05) is 13.0 Å². The minimum Gasteiger partial charge on any atom is -0.378 e. The van der Waals surface area contributed by atoms with Gasteiger partial charge in [0.2, 0.25) is 5.95 Å². The molecular formula is C21H27FN6O2. The topological polar surface area (TPSA) is 73.8 Å². The van der Waals surface area contributed by atoms with Crippen molar-refractivity contribution in [3.05, 3.63) is 41.3 Å². The summed E-state index contributed by atoms with van der Waals surface area (Å²) in [7, 11) is 0. The van der Waals surface area contributed by atoms with Gasteiger partial charge in [-0.1, -0.05) is 6.07 Å². The fourth-order valence-electron chi connectivity index (χ4n) is 3.68. The second kappa shape index (κ2) is 8.83. The van der Waals surface area contributed by atoms with Crippen LogP contribution in [0.4, 0.5) is 26.6 Å². The maximum atomic E-state index is 13.7. The number of amides is 2. The Hall–Kier alpha value is -2.94.